The standard InChI is InChI=1S/C40H24N6/c1-3-11-26(12-4-1)38-44-39(27-13-5-2-6-14-27)46-40(45-38)30-16-9-15-28(23-30)36-37-32(31-18-7-8-19-33(31)42-36)24-29-21-20-25-17-10-22-41-34(25)35(29)43-37/h1-24H. The minimum Gasteiger partial charge on any atom is -0.254 e. The molecular weight excluding hydrogens is 564 g/mol. The van der Waals surface area contributed by atoms with E-state index in [4.69, 9.17) is 29.9 Å². The van der Waals surface area contributed by atoms with Gasteiger partial charge in [-0.15, -0.1) is 0 Å². The Morgan fingerprint density at radius 2 is 0.978 bits per heavy atom. The number of nitrogens with zero attached hydrogens (tertiary/aromatic N) is 6. The fraction of sp³-hybridized carbons (Fsp3) is 0. The molecule has 0 amide bonds. The molecule has 0 spiro atoms. The maximum Gasteiger partial charge on any atom is 0.164 e. The van der Waals surface area contributed by atoms with Crippen LogP contribution in [-0.2, 0) is 0 Å². The number of fused-ring (bicyclic) bond motifs is 6. The van der Waals surface area contributed by atoms with Gasteiger partial charge in [-0.2, -0.15) is 0 Å². The van der Waals surface area contributed by atoms with Crippen LogP contribution in [0.4, 0.5) is 0 Å². The van der Waals surface area contributed by atoms with E-state index in [0.29, 0.717) is 17.5 Å². The highest BCUT2D eigenvalue weighted by Crippen LogP contribution is 2.36. The van der Waals surface area contributed by atoms with E-state index < -0.39 is 0 Å². The summed E-state index contributed by atoms with van der Waals surface area (Å²) < 4.78 is 0. The minimum atomic E-state index is 0.591. The topological polar surface area (TPSA) is 77.3 Å². The molecule has 0 radical (unpaired) electrons. The normalized spacial score (nSPS) is 11.5. The number of hydrogen-bond acceptors (Lipinski definition) is 6. The van der Waals surface area contributed by atoms with Gasteiger partial charge in [-0.1, -0.05) is 115 Å². The van der Waals surface area contributed by atoms with E-state index in [0.717, 1.165) is 71.6 Å². The molecule has 6 nitrogen and oxygen atoms in total. The molecule has 0 aliphatic carbocycles. The molecule has 0 unspecified atom stereocenters. The van der Waals surface area contributed by atoms with Gasteiger partial charge in [0.05, 0.1) is 27.8 Å². The molecule has 0 fully saturated rings. The smallest absolute Gasteiger partial charge is 0.164 e. The number of rotatable bonds is 4. The lowest BCUT2D eigenvalue weighted by Gasteiger charge is -2.13. The largest absolute Gasteiger partial charge is 0.254 e. The van der Waals surface area contributed by atoms with Crippen LogP contribution in [0.25, 0.3) is 89.0 Å². The van der Waals surface area contributed by atoms with Crippen LogP contribution in [0, 0.1) is 0 Å². The van der Waals surface area contributed by atoms with Crippen LogP contribution in [-0.4, -0.2) is 29.9 Å². The second-order valence-electron chi connectivity index (χ2n) is 11.2. The molecule has 214 valence electrons. The molecule has 6 heteroatoms. The van der Waals surface area contributed by atoms with E-state index in [-0.39, 0.29) is 0 Å². The Balaban J connectivity index is 1.28. The SMILES string of the molecule is c1ccc(-c2nc(-c3ccccc3)nc(-c3cccc(-c4nc5ccccc5c5cc6ccc7cccnc7c6nc45)c3)n2)cc1. The van der Waals surface area contributed by atoms with Crippen LogP contribution >= 0.6 is 0 Å². The van der Waals surface area contributed by atoms with Crippen LogP contribution in [0.1, 0.15) is 0 Å². The molecule has 5 aromatic carbocycles. The maximum atomic E-state index is 5.28. The van der Waals surface area contributed by atoms with E-state index in [2.05, 4.69) is 48.5 Å². The quantitative estimate of drug-likeness (QED) is 0.151. The summed E-state index contributed by atoms with van der Waals surface area (Å²) in [6.07, 6.45) is 1.82. The van der Waals surface area contributed by atoms with Gasteiger partial charge < -0.3 is 0 Å². The summed E-state index contributed by atoms with van der Waals surface area (Å²) in [5.41, 5.74) is 7.92. The second kappa shape index (κ2) is 10.6. The zero-order valence-electron chi connectivity index (χ0n) is 24.5. The Morgan fingerprint density at radius 1 is 0.348 bits per heavy atom. The van der Waals surface area contributed by atoms with E-state index in [1.54, 1.807) is 0 Å². The lowest BCUT2D eigenvalue weighted by Crippen LogP contribution is -2.00. The second-order valence-corrected chi connectivity index (χ2v) is 11.2. The molecule has 46 heavy (non-hydrogen) atoms. The lowest BCUT2D eigenvalue weighted by atomic mass is 10.00. The summed E-state index contributed by atoms with van der Waals surface area (Å²) in [4.78, 5) is 29.9. The summed E-state index contributed by atoms with van der Waals surface area (Å²) in [6.45, 7) is 0. The Labute approximate surface area is 264 Å². The average Bonchev–Trinajstić information content (AvgIpc) is 3.14. The summed E-state index contributed by atoms with van der Waals surface area (Å²) in [7, 11) is 0. The van der Waals surface area contributed by atoms with Crippen molar-refractivity contribution in [3.8, 4) is 45.4 Å². The third-order valence-electron chi connectivity index (χ3n) is 8.30. The van der Waals surface area contributed by atoms with Crippen molar-refractivity contribution in [2.45, 2.75) is 0 Å². The molecule has 9 rings (SSSR count). The Hall–Kier alpha value is -6.40. The highest BCUT2D eigenvalue weighted by Gasteiger charge is 2.17. The van der Waals surface area contributed by atoms with Crippen molar-refractivity contribution >= 4 is 43.6 Å². The van der Waals surface area contributed by atoms with Gasteiger partial charge in [0, 0.05) is 50.0 Å². The molecule has 0 aliphatic heterocycles. The lowest BCUT2D eigenvalue weighted by molar-refractivity contribution is 1.07. The molecule has 0 saturated heterocycles. The van der Waals surface area contributed by atoms with E-state index in [9.17, 15) is 0 Å². The van der Waals surface area contributed by atoms with Gasteiger partial charge in [0.1, 0.15) is 0 Å². The summed E-state index contributed by atoms with van der Waals surface area (Å²) in [5, 5.41) is 4.20. The molecule has 4 aromatic heterocycles. The third kappa shape index (κ3) is 4.43. The van der Waals surface area contributed by atoms with Crippen LogP contribution in [0.15, 0.2) is 146 Å². The van der Waals surface area contributed by atoms with Crippen LogP contribution in [0.3, 0.4) is 0 Å². The monoisotopic (exact) mass is 588 g/mol. The van der Waals surface area contributed by atoms with Crippen LogP contribution < -0.4 is 0 Å². The predicted octanol–water partition coefficient (Wildman–Crippen LogP) is 9.34. The molecule has 4 heterocycles. The van der Waals surface area contributed by atoms with Crippen LogP contribution in [0.2, 0.25) is 0 Å². The predicted molar refractivity (Wildman–Crippen MR) is 185 cm³/mol. The zero-order chi connectivity index (χ0) is 30.5. The summed E-state index contributed by atoms with van der Waals surface area (Å²) in [6, 6.07) is 47.0. The van der Waals surface area contributed by atoms with Crippen molar-refractivity contribution in [3.63, 3.8) is 0 Å². The van der Waals surface area contributed by atoms with E-state index >= 15 is 0 Å². The molecule has 0 N–H and O–H groups in total. The number of hydrogen-bond donors (Lipinski definition) is 0. The van der Waals surface area contributed by atoms with Gasteiger partial charge in [0.25, 0.3) is 0 Å². The zero-order valence-corrected chi connectivity index (χ0v) is 24.5. The summed E-state index contributed by atoms with van der Waals surface area (Å²) >= 11 is 0. The first-order valence-corrected chi connectivity index (χ1v) is 15.1. The van der Waals surface area contributed by atoms with Gasteiger partial charge in [0.2, 0.25) is 0 Å². The first-order chi connectivity index (χ1) is 22.8. The number of para-hydroxylation sites is 1. The fourth-order valence-electron chi connectivity index (χ4n) is 6.08. The highest BCUT2D eigenvalue weighted by molar-refractivity contribution is 6.15. The van der Waals surface area contributed by atoms with Crippen molar-refractivity contribution in [3.05, 3.63) is 146 Å². The van der Waals surface area contributed by atoms with Gasteiger partial charge in [-0.05, 0) is 24.3 Å². The molecule has 0 saturated carbocycles. The summed E-state index contributed by atoms with van der Waals surface area (Å²) in [5.74, 6) is 1.83. The van der Waals surface area contributed by atoms with Crippen molar-refractivity contribution in [2.75, 3.05) is 0 Å². The first kappa shape index (κ1) is 26.0. The van der Waals surface area contributed by atoms with Crippen molar-refractivity contribution < 1.29 is 0 Å². The minimum absolute atomic E-state index is 0.591. The van der Waals surface area contributed by atoms with Crippen molar-refractivity contribution in [1.29, 1.82) is 0 Å². The molecular formula is C40H24N6. The van der Waals surface area contributed by atoms with Crippen molar-refractivity contribution in [1.82, 2.24) is 29.9 Å². The van der Waals surface area contributed by atoms with Gasteiger partial charge in [0.15, 0.2) is 17.5 Å². The molecule has 0 aliphatic rings. The average molecular weight is 589 g/mol. The Morgan fingerprint density at radius 3 is 1.74 bits per heavy atom. The van der Waals surface area contributed by atoms with Gasteiger partial charge >= 0.3 is 0 Å². The van der Waals surface area contributed by atoms with E-state index in [1.165, 1.54) is 0 Å². The van der Waals surface area contributed by atoms with Crippen LogP contribution in [0.5, 0.6) is 0 Å². The fourth-order valence-corrected chi connectivity index (χ4v) is 6.08. The number of pyridine rings is 3. The first-order valence-electron chi connectivity index (χ1n) is 15.1. The number of aromatic nitrogens is 6. The highest BCUT2D eigenvalue weighted by atomic mass is 15.0. The molecule has 0 bridgehead atoms. The van der Waals surface area contributed by atoms with Gasteiger partial charge in [-0.3, -0.25) is 4.98 Å². The number of benzene rings is 5. The van der Waals surface area contributed by atoms with E-state index in [1.807, 2.05) is 97.2 Å². The Bertz CT molecular complexity index is 2530. The molecule has 0 atom stereocenters. The third-order valence-corrected chi connectivity index (χ3v) is 8.30. The van der Waals surface area contributed by atoms with Crippen molar-refractivity contribution in [2.24, 2.45) is 0 Å². The van der Waals surface area contributed by atoms with Gasteiger partial charge in [-0.25, -0.2) is 24.9 Å². The Kier molecular flexibility index (Phi) is 6.03. The molecule has 9 aromatic rings. The maximum absolute atomic E-state index is 5.28.